The average molecular weight is 265 g/mol. The quantitative estimate of drug-likeness (QED) is 0.861. The molecule has 100 valence electrons. The van der Waals surface area contributed by atoms with E-state index in [0.29, 0.717) is 12.2 Å². The lowest BCUT2D eigenvalue weighted by Gasteiger charge is -2.12. The molecule has 0 radical (unpaired) electrons. The van der Waals surface area contributed by atoms with Crippen molar-refractivity contribution in [3.63, 3.8) is 0 Å². The van der Waals surface area contributed by atoms with Crippen molar-refractivity contribution in [1.82, 2.24) is 15.5 Å². The Bertz CT molecular complexity index is 537. The summed E-state index contributed by atoms with van der Waals surface area (Å²) in [5, 5.41) is 20.3. The van der Waals surface area contributed by atoms with E-state index in [1.165, 1.54) is 0 Å². The number of aliphatic hydroxyl groups excluding tert-OH is 1. The Morgan fingerprint density at radius 2 is 2.11 bits per heavy atom. The maximum absolute atomic E-state index is 13.4. The standard InChI is InChI=1S/C13H13F2N3O/c14-9-3-4-12(15)11(6-9)13(19)8-16-7-10-2-1-5-17-18-10/h1-6,13,16,19H,7-8H2. The van der Waals surface area contributed by atoms with Crippen molar-refractivity contribution in [2.75, 3.05) is 6.54 Å². The fourth-order valence-corrected chi connectivity index (χ4v) is 1.64. The lowest BCUT2D eigenvalue weighted by molar-refractivity contribution is 0.169. The van der Waals surface area contributed by atoms with Crippen LogP contribution in [0.4, 0.5) is 8.78 Å². The minimum Gasteiger partial charge on any atom is -0.387 e. The summed E-state index contributed by atoms with van der Waals surface area (Å²) in [6.45, 7) is 0.485. The van der Waals surface area contributed by atoms with Gasteiger partial charge in [-0.25, -0.2) is 8.78 Å². The van der Waals surface area contributed by atoms with Gasteiger partial charge in [-0.15, -0.1) is 0 Å². The largest absolute Gasteiger partial charge is 0.387 e. The molecule has 0 aliphatic heterocycles. The Morgan fingerprint density at radius 1 is 1.26 bits per heavy atom. The van der Waals surface area contributed by atoms with Crippen molar-refractivity contribution in [2.45, 2.75) is 12.6 Å². The van der Waals surface area contributed by atoms with Gasteiger partial charge in [0.1, 0.15) is 11.6 Å². The van der Waals surface area contributed by atoms with Crippen LogP contribution in [0.15, 0.2) is 36.5 Å². The third kappa shape index (κ3) is 3.77. The number of aliphatic hydroxyl groups is 1. The average Bonchev–Trinajstić information content (AvgIpc) is 2.42. The molecule has 0 aliphatic rings. The lowest BCUT2D eigenvalue weighted by Crippen LogP contribution is -2.22. The second kappa shape index (κ2) is 6.31. The predicted molar refractivity (Wildman–Crippen MR) is 65.1 cm³/mol. The minimum atomic E-state index is -1.12. The summed E-state index contributed by atoms with van der Waals surface area (Å²) < 4.78 is 26.4. The van der Waals surface area contributed by atoms with Crippen LogP contribution in [-0.4, -0.2) is 21.8 Å². The fourth-order valence-electron chi connectivity index (χ4n) is 1.64. The Balaban J connectivity index is 1.91. The molecule has 0 bridgehead atoms. The van der Waals surface area contributed by atoms with Crippen LogP contribution in [0.2, 0.25) is 0 Å². The van der Waals surface area contributed by atoms with Gasteiger partial charge in [-0.05, 0) is 30.3 Å². The zero-order valence-corrected chi connectivity index (χ0v) is 10.1. The molecule has 0 saturated heterocycles. The smallest absolute Gasteiger partial charge is 0.129 e. The summed E-state index contributed by atoms with van der Waals surface area (Å²) in [5.41, 5.74) is 0.640. The van der Waals surface area contributed by atoms with Crippen LogP contribution in [0.5, 0.6) is 0 Å². The molecule has 0 spiro atoms. The van der Waals surface area contributed by atoms with Gasteiger partial charge in [-0.2, -0.15) is 10.2 Å². The number of nitrogens with one attached hydrogen (secondary N) is 1. The summed E-state index contributed by atoms with van der Waals surface area (Å²) in [6, 6.07) is 6.51. The van der Waals surface area contributed by atoms with E-state index in [2.05, 4.69) is 15.5 Å². The molecule has 4 nitrogen and oxygen atoms in total. The molecule has 2 aromatic rings. The maximum Gasteiger partial charge on any atom is 0.129 e. The van der Waals surface area contributed by atoms with Crippen LogP contribution in [0, 0.1) is 11.6 Å². The molecule has 1 aromatic carbocycles. The van der Waals surface area contributed by atoms with Crippen molar-refractivity contribution in [2.24, 2.45) is 0 Å². The number of hydrogen-bond acceptors (Lipinski definition) is 4. The Kier molecular flexibility index (Phi) is 4.48. The van der Waals surface area contributed by atoms with Crippen LogP contribution in [0.25, 0.3) is 0 Å². The van der Waals surface area contributed by atoms with E-state index in [1.54, 1.807) is 18.3 Å². The van der Waals surface area contributed by atoms with Crippen molar-refractivity contribution < 1.29 is 13.9 Å². The highest BCUT2D eigenvalue weighted by Gasteiger charge is 2.13. The minimum absolute atomic E-state index is 0.0633. The molecular formula is C13H13F2N3O. The molecule has 2 N–H and O–H groups in total. The molecule has 1 heterocycles. The first-order valence-corrected chi connectivity index (χ1v) is 5.77. The second-order valence-corrected chi connectivity index (χ2v) is 4.03. The third-order valence-electron chi connectivity index (χ3n) is 2.59. The number of halogens is 2. The van der Waals surface area contributed by atoms with E-state index in [4.69, 9.17) is 0 Å². The van der Waals surface area contributed by atoms with Gasteiger partial charge in [0.25, 0.3) is 0 Å². The number of rotatable bonds is 5. The van der Waals surface area contributed by atoms with Gasteiger partial charge in [-0.1, -0.05) is 0 Å². The van der Waals surface area contributed by atoms with Crippen LogP contribution in [0.1, 0.15) is 17.4 Å². The molecule has 0 aliphatic carbocycles. The summed E-state index contributed by atoms with van der Waals surface area (Å²) >= 11 is 0. The van der Waals surface area contributed by atoms with Crippen LogP contribution in [-0.2, 0) is 6.54 Å². The highest BCUT2D eigenvalue weighted by Crippen LogP contribution is 2.17. The van der Waals surface area contributed by atoms with E-state index in [0.717, 1.165) is 18.2 Å². The number of aromatic nitrogens is 2. The van der Waals surface area contributed by atoms with Crippen molar-refractivity contribution >= 4 is 0 Å². The molecule has 19 heavy (non-hydrogen) atoms. The SMILES string of the molecule is OC(CNCc1cccnn1)c1cc(F)ccc1F. The summed E-state index contributed by atoms with van der Waals surface area (Å²) in [5.74, 6) is -1.21. The molecule has 1 atom stereocenters. The molecule has 0 saturated carbocycles. The van der Waals surface area contributed by atoms with E-state index in [9.17, 15) is 13.9 Å². The summed E-state index contributed by atoms with van der Waals surface area (Å²) in [4.78, 5) is 0. The topological polar surface area (TPSA) is 58.0 Å². The Hall–Kier alpha value is -1.92. The van der Waals surface area contributed by atoms with Crippen molar-refractivity contribution in [3.05, 3.63) is 59.4 Å². The Morgan fingerprint density at radius 3 is 2.84 bits per heavy atom. The highest BCUT2D eigenvalue weighted by atomic mass is 19.1. The zero-order valence-electron chi connectivity index (χ0n) is 10.1. The van der Waals surface area contributed by atoms with Gasteiger partial charge in [0.2, 0.25) is 0 Å². The molecule has 2 rings (SSSR count). The van der Waals surface area contributed by atoms with Crippen molar-refractivity contribution in [1.29, 1.82) is 0 Å². The Labute approximate surface area is 109 Å². The van der Waals surface area contributed by atoms with E-state index in [1.807, 2.05) is 0 Å². The van der Waals surface area contributed by atoms with Gasteiger partial charge in [0, 0.05) is 24.8 Å². The number of hydrogen-bond donors (Lipinski definition) is 2. The van der Waals surface area contributed by atoms with Gasteiger partial charge in [0.15, 0.2) is 0 Å². The summed E-state index contributed by atoms with van der Waals surface area (Å²) in [6.07, 6.45) is 0.438. The second-order valence-electron chi connectivity index (χ2n) is 4.03. The highest BCUT2D eigenvalue weighted by molar-refractivity contribution is 5.21. The molecular weight excluding hydrogens is 252 g/mol. The summed E-state index contributed by atoms with van der Waals surface area (Å²) in [7, 11) is 0. The van der Waals surface area contributed by atoms with Crippen LogP contribution >= 0.6 is 0 Å². The number of nitrogens with zero attached hydrogens (tertiary/aromatic N) is 2. The molecule has 1 unspecified atom stereocenters. The van der Waals surface area contributed by atoms with Crippen LogP contribution < -0.4 is 5.32 Å². The van der Waals surface area contributed by atoms with Gasteiger partial charge < -0.3 is 10.4 Å². The molecule has 0 amide bonds. The first-order chi connectivity index (χ1) is 9.16. The van der Waals surface area contributed by atoms with Gasteiger partial charge >= 0.3 is 0 Å². The van der Waals surface area contributed by atoms with Gasteiger partial charge in [0.05, 0.1) is 11.8 Å². The van der Waals surface area contributed by atoms with Crippen molar-refractivity contribution in [3.8, 4) is 0 Å². The zero-order chi connectivity index (χ0) is 13.7. The monoisotopic (exact) mass is 265 g/mol. The van der Waals surface area contributed by atoms with Crippen LogP contribution in [0.3, 0.4) is 0 Å². The van der Waals surface area contributed by atoms with E-state index in [-0.39, 0.29) is 12.1 Å². The normalized spacial score (nSPS) is 12.4. The van der Waals surface area contributed by atoms with Gasteiger partial charge in [-0.3, -0.25) is 0 Å². The maximum atomic E-state index is 13.4. The third-order valence-corrected chi connectivity index (χ3v) is 2.59. The van der Waals surface area contributed by atoms with E-state index < -0.39 is 17.7 Å². The predicted octanol–water partition coefficient (Wildman–Crippen LogP) is 1.58. The first kappa shape index (κ1) is 13.5. The first-order valence-electron chi connectivity index (χ1n) is 5.77. The fraction of sp³-hybridized carbons (Fsp3) is 0.231. The molecule has 6 heteroatoms. The number of benzene rings is 1. The molecule has 1 aromatic heterocycles. The lowest BCUT2D eigenvalue weighted by atomic mass is 10.1. The molecule has 0 fully saturated rings. The van der Waals surface area contributed by atoms with E-state index >= 15 is 0 Å².